The van der Waals surface area contributed by atoms with E-state index in [1.165, 1.54) is 0 Å². The van der Waals surface area contributed by atoms with E-state index in [-0.39, 0.29) is 18.5 Å². The van der Waals surface area contributed by atoms with E-state index in [0.29, 0.717) is 18.9 Å². The topological polar surface area (TPSA) is 72.9 Å². The van der Waals surface area contributed by atoms with Gasteiger partial charge in [-0.25, -0.2) is 4.79 Å². The quantitative estimate of drug-likeness (QED) is 0.806. The van der Waals surface area contributed by atoms with E-state index in [9.17, 15) is 9.59 Å². The average Bonchev–Trinajstić information content (AvgIpc) is 2.82. The van der Waals surface area contributed by atoms with Gasteiger partial charge in [0.15, 0.2) is 0 Å². The molecule has 2 amide bonds. The number of rotatable bonds is 4. The molecule has 6 nitrogen and oxygen atoms in total. The van der Waals surface area contributed by atoms with Crippen molar-refractivity contribution in [2.45, 2.75) is 38.1 Å². The maximum atomic E-state index is 12.2. The summed E-state index contributed by atoms with van der Waals surface area (Å²) in [6.07, 6.45) is 3.89. The highest BCUT2D eigenvalue weighted by molar-refractivity contribution is 5.74. The van der Waals surface area contributed by atoms with Crippen LogP contribution in [0, 0.1) is 5.92 Å². The number of hydrogen-bond donors (Lipinski definition) is 2. The van der Waals surface area contributed by atoms with Crippen molar-refractivity contribution in [2.24, 2.45) is 5.92 Å². The van der Waals surface area contributed by atoms with Crippen LogP contribution in [0.15, 0.2) is 0 Å². The number of nitrogens with one attached hydrogen (secondary N) is 1. The first kappa shape index (κ1) is 15.1. The van der Waals surface area contributed by atoms with Gasteiger partial charge in [-0.3, -0.25) is 4.79 Å². The average molecular weight is 283 g/mol. The molecule has 0 aromatic rings. The van der Waals surface area contributed by atoms with Crippen molar-refractivity contribution in [1.82, 2.24) is 15.1 Å². The molecule has 0 radical (unpaired) electrons. The number of aliphatic carboxylic acids is 1. The van der Waals surface area contributed by atoms with Crippen LogP contribution in [0.2, 0.25) is 0 Å². The summed E-state index contributed by atoms with van der Waals surface area (Å²) >= 11 is 0. The molecule has 2 heterocycles. The lowest BCUT2D eigenvalue weighted by molar-refractivity contribution is -0.137. The van der Waals surface area contributed by atoms with Gasteiger partial charge in [0.1, 0.15) is 0 Å². The molecule has 114 valence electrons. The number of carbonyl (C=O) groups is 2. The van der Waals surface area contributed by atoms with Crippen molar-refractivity contribution in [2.75, 3.05) is 33.2 Å². The Morgan fingerprint density at radius 3 is 2.70 bits per heavy atom. The second-order valence-corrected chi connectivity index (χ2v) is 6.08. The van der Waals surface area contributed by atoms with E-state index in [2.05, 4.69) is 17.3 Å². The summed E-state index contributed by atoms with van der Waals surface area (Å²) in [5, 5.41) is 11.8. The number of carboxylic acids is 1. The van der Waals surface area contributed by atoms with Gasteiger partial charge in [0.25, 0.3) is 0 Å². The standard InChI is InChI=1S/C14H25N3O3/c1-16-8-6-12(10-16)15-14(20)17-7-2-3-11(9-17)4-5-13(18)19/h11-12H,2-10H2,1H3,(H,15,20)(H,18,19). The number of hydrogen-bond acceptors (Lipinski definition) is 3. The van der Waals surface area contributed by atoms with Crippen LogP contribution in [0.1, 0.15) is 32.1 Å². The summed E-state index contributed by atoms with van der Waals surface area (Å²) in [6.45, 7) is 3.44. The van der Waals surface area contributed by atoms with Gasteiger partial charge < -0.3 is 20.2 Å². The Labute approximate surface area is 120 Å². The van der Waals surface area contributed by atoms with Gasteiger partial charge >= 0.3 is 12.0 Å². The molecule has 2 saturated heterocycles. The number of piperidine rings is 1. The first-order valence-corrected chi connectivity index (χ1v) is 7.50. The molecular weight excluding hydrogens is 258 g/mol. The molecule has 2 atom stereocenters. The van der Waals surface area contributed by atoms with Crippen LogP contribution in [0.4, 0.5) is 4.79 Å². The van der Waals surface area contributed by atoms with E-state index in [4.69, 9.17) is 5.11 Å². The smallest absolute Gasteiger partial charge is 0.317 e. The second kappa shape index (κ2) is 6.92. The molecule has 0 spiro atoms. The summed E-state index contributed by atoms with van der Waals surface area (Å²) < 4.78 is 0. The molecule has 0 aromatic heterocycles. The number of amides is 2. The van der Waals surface area contributed by atoms with Crippen molar-refractivity contribution in [3.63, 3.8) is 0 Å². The molecule has 6 heteroatoms. The van der Waals surface area contributed by atoms with E-state index in [1.807, 2.05) is 4.90 Å². The minimum absolute atomic E-state index is 0.0188. The summed E-state index contributed by atoms with van der Waals surface area (Å²) in [4.78, 5) is 26.9. The maximum Gasteiger partial charge on any atom is 0.317 e. The van der Waals surface area contributed by atoms with Gasteiger partial charge in [-0.1, -0.05) is 0 Å². The van der Waals surface area contributed by atoms with Gasteiger partial charge in [-0.15, -0.1) is 0 Å². The minimum Gasteiger partial charge on any atom is -0.481 e. The monoisotopic (exact) mass is 283 g/mol. The fourth-order valence-electron chi connectivity index (χ4n) is 3.13. The second-order valence-electron chi connectivity index (χ2n) is 6.08. The number of urea groups is 1. The predicted molar refractivity (Wildman–Crippen MR) is 75.6 cm³/mol. The highest BCUT2D eigenvalue weighted by atomic mass is 16.4. The molecule has 2 unspecified atom stereocenters. The van der Waals surface area contributed by atoms with E-state index >= 15 is 0 Å². The van der Waals surface area contributed by atoms with E-state index in [1.54, 1.807) is 0 Å². The van der Waals surface area contributed by atoms with Gasteiger partial charge in [0, 0.05) is 32.1 Å². The Morgan fingerprint density at radius 1 is 1.25 bits per heavy atom. The first-order valence-electron chi connectivity index (χ1n) is 7.50. The SMILES string of the molecule is CN1CCC(NC(=O)N2CCCC(CCC(=O)O)C2)C1. The number of likely N-dealkylation sites (N-methyl/N-ethyl adjacent to an activating group) is 1. The molecule has 2 N–H and O–H groups in total. The molecular formula is C14H25N3O3. The molecule has 20 heavy (non-hydrogen) atoms. The molecule has 0 saturated carbocycles. The Kier molecular flexibility index (Phi) is 5.23. The van der Waals surface area contributed by atoms with Crippen molar-refractivity contribution in [3.8, 4) is 0 Å². The lowest BCUT2D eigenvalue weighted by Crippen LogP contribution is -2.49. The summed E-state index contributed by atoms with van der Waals surface area (Å²) in [6, 6.07) is 0.275. The van der Waals surface area contributed by atoms with Crippen molar-refractivity contribution in [1.29, 1.82) is 0 Å². The lowest BCUT2D eigenvalue weighted by atomic mass is 9.93. The highest BCUT2D eigenvalue weighted by Crippen LogP contribution is 2.21. The Morgan fingerprint density at radius 2 is 2.05 bits per heavy atom. The first-order chi connectivity index (χ1) is 9.54. The predicted octanol–water partition coefficient (Wildman–Crippen LogP) is 0.977. The molecule has 2 fully saturated rings. The summed E-state index contributed by atoms with van der Waals surface area (Å²) in [5.74, 6) is -0.419. The zero-order valence-corrected chi connectivity index (χ0v) is 12.2. The van der Waals surface area contributed by atoms with Gasteiger partial charge in [0.2, 0.25) is 0 Å². The molecule has 2 aliphatic rings. The van der Waals surface area contributed by atoms with Crippen molar-refractivity contribution >= 4 is 12.0 Å². The fraction of sp³-hybridized carbons (Fsp3) is 0.857. The molecule has 0 bridgehead atoms. The van der Waals surface area contributed by atoms with Crippen LogP contribution in [0.5, 0.6) is 0 Å². The zero-order valence-electron chi connectivity index (χ0n) is 12.2. The molecule has 0 aliphatic carbocycles. The highest BCUT2D eigenvalue weighted by Gasteiger charge is 2.27. The maximum absolute atomic E-state index is 12.2. The molecule has 2 aliphatic heterocycles. The summed E-state index contributed by atoms with van der Waals surface area (Å²) in [5.41, 5.74) is 0. The van der Waals surface area contributed by atoms with Crippen molar-refractivity contribution < 1.29 is 14.7 Å². The van der Waals surface area contributed by atoms with Gasteiger partial charge in [-0.05, 0) is 45.2 Å². The fourth-order valence-corrected chi connectivity index (χ4v) is 3.13. The van der Waals surface area contributed by atoms with Crippen LogP contribution in [0.3, 0.4) is 0 Å². The van der Waals surface area contributed by atoms with Crippen LogP contribution < -0.4 is 5.32 Å². The third kappa shape index (κ3) is 4.37. The van der Waals surface area contributed by atoms with E-state index in [0.717, 1.165) is 38.9 Å². The lowest BCUT2D eigenvalue weighted by Gasteiger charge is -2.33. The normalized spacial score (nSPS) is 27.6. The van der Waals surface area contributed by atoms with Crippen LogP contribution >= 0.6 is 0 Å². The Hall–Kier alpha value is -1.30. The van der Waals surface area contributed by atoms with Gasteiger partial charge in [0.05, 0.1) is 0 Å². The third-order valence-electron chi connectivity index (χ3n) is 4.29. The Bertz CT molecular complexity index is 362. The number of nitrogens with zero attached hydrogens (tertiary/aromatic N) is 2. The van der Waals surface area contributed by atoms with E-state index < -0.39 is 5.97 Å². The van der Waals surface area contributed by atoms with Crippen LogP contribution in [-0.4, -0.2) is 66.2 Å². The molecule has 0 aromatic carbocycles. The van der Waals surface area contributed by atoms with Crippen LogP contribution in [0.25, 0.3) is 0 Å². The number of likely N-dealkylation sites (tertiary alicyclic amines) is 2. The summed E-state index contributed by atoms with van der Waals surface area (Å²) in [7, 11) is 2.06. The van der Waals surface area contributed by atoms with Crippen molar-refractivity contribution in [3.05, 3.63) is 0 Å². The zero-order chi connectivity index (χ0) is 14.5. The minimum atomic E-state index is -0.749. The van der Waals surface area contributed by atoms with Crippen LogP contribution in [-0.2, 0) is 4.79 Å². The van der Waals surface area contributed by atoms with Gasteiger partial charge in [-0.2, -0.15) is 0 Å². The number of carboxylic acid groups (broad SMARTS) is 1. The largest absolute Gasteiger partial charge is 0.481 e. The molecule has 2 rings (SSSR count). The Balaban J connectivity index is 1.76. The third-order valence-corrected chi connectivity index (χ3v) is 4.29. The number of carbonyl (C=O) groups excluding carboxylic acids is 1.